The van der Waals surface area contributed by atoms with Gasteiger partial charge in [-0.3, -0.25) is 9.48 Å². The SMILES string of the molecule is CC(C)(C(=O)Nc1ccc(C#N)c(C2CC2)c1)n1cc(I)cn1. The van der Waals surface area contributed by atoms with Gasteiger partial charge in [0.15, 0.2) is 0 Å². The molecule has 1 aromatic heterocycles. The first-order chi connectivity index (χ1) is 10.9. The van der Waals surface area contributed by atoms with Crippen LogP contribution in [-0.4, -0.2) is 15.7 Å². The Balaban J connectivity index is 1.83. The quantitative estimate of drug-likeness (QED) is 0.769. The summed E-state index contributed by atoms with van der Waals surface area (Å²) in [5.41, 5.74) is 1.67. The second-order valence-corrected chi connectivity index (χ2v) is 7.55. The van der Waals surface area contributed by atoms with Gasteiger partial charge in [0.2, 0.25) is 0 Å². The Morgan fingerprint density at radius 3 is 2.78 bits per heavy atom. The molecule has 1 aromatic carbocycles. The number of nitrogens with one attached hydrogen (secondary N) is 1. The minimum Gasteiger partial charge on any atom is -0.324 e. The summed E-state index contributed by atoms with van der Waals surface area (Å²) >= 11 is 2.17. The molecule has 1 amide bonds. The molecule has 1 N–H and O–H groups in total. The van der Waals surface area contributed by atoms with Crippen molar-refractivity contribution < 1.29 is 4.79 Å². The number of halogens is 1. The van der Waals surface area contributed by atoms with Gasteiger partial charge in [-0.2, -0.15) is 10.4 Å². The summed E-state index contributed by atoms with van der Waals surface area (Å²) in [6.45, 7) is 3.66. The molecule has 0 saturated heterocycles. The minimum atomic E-state index is -0.795. The maximum absolute atomic E-state index is 12.7. The smallest absolute Gasteiger partial charge is 0.251 e. The van der Waals surface area contributed by atoms with Crippen molar-refractivity contribution in [2.24, 2.45) is 0 Å². The summed E-state index contributed by atoms with van der Waals surface area (Å²) in [5.74, 6) is 0.325. The highest BCUT2D eigenvalue weighted by molar-refractivity contribution is 14.1. The van der Waals surface area contributed by atoms with Gasteiger partial charge in [-0.15, -0.1) is 0 Å². The number of nitrogens with zero attached hydrogens (tertiary/aromatic N) is 3. The third-order valence-electron chi connectivity index (χ3n) is 4.13. The van der Waals surface area contributed by atoms with E-state index >= 15 is 0 Å². The summed E-state index contributed by atoms with van der Waals surface area (Å²) in [5, 5.41) is 16.4. The topological polar surface area (TPSA) is 70.7 Å². The van der Waals surface area contributed by atoms with Crippen LogP contribution in [0.1, 0.15) is 43.7 Å². The first kappa shape index (κ1) is 16.0. The Labute approximate surface area is 148 Å². The lowest BCUT2D eigenvalue weighted by molar-refractivity contribution is -0.123. The zero-order valence-corrected chi connectivity index (χ0v) is 15.2. The van der Waals surface area contributed by atoms with Gasteiger partial charge in [0, 0.05) is 11.9 Å². The van der Waals surface area contributed by atoms with Crippen molar-refractivity contribution in [2.75, 3.05) is 5.32 Å². The van der Waals surface area contributed by atoms with Crippen molar-refractivity contribution in [1.29, 1.82) is 5.26 Å². The fraction of sp³-hybridized carbons (Fsp3) is 0.353. The van der Waals surface area contributed by atoms with Gasteiger partial charge in [0.25, 0.3) is 5.91 Å². The van der Waals surface area contributed by atoms with Crippen LogP contribution in [0.4, 0.5) is 5.69 Å². The maximum atomic E-state index is 12.7. The number of aromatic nitrogens is 2. The minimum absolute atomic E-state index is 0.136. The van der Waals surface area contributed by atoms with Gasteiger partial charge in [-0.25, -0.2) is 0 Å². The van der Waals surface area contributed by atoms with Crippen molar-refractivity contribution >= 4 is 34.2 Å². The highest BCUT2D eigenvalue weighted by Crippen LogP contribution is 2.42. The molecule has 0 aliphatic heterocycles. The molecule has 6 heteroatoms. The van der Waals surface area contributed by atoms with E-state index in [1.807, 2.05) is 26.1 Å². The molecule has 1 fully saturated rings. The number of rotatable bonds is 4. The van der Waals surface area contributed by atoms with Crippen molar-refractivity contribution in [3.05, 3.63) is 45.3 Å². The van der Waals surface area contributed by atoms with Crippen LogP contribution in [0.15, 0.2) is 30.6 Å². The molecule has 0 bridgehead atoms. The molecular weight excluding hydrogens is 403 g/mol. The van der Waals surface area contributed by atoms with Gasteiger partial charge in [0.05, 0.1) is 21.4 Å². The van der Waals surface area contributed by atoms with Crippen LogP contribution in [0.5, 0.6) is 0 Å². The number of hydrogen-bond donors (Lipinski definition) is 1. The number of carbonyl (C=O) groups excluding carboxylic acids is 1. The fourth-order valence-electron chi connectivity index (χ4n) is 2.47. The lowest BCUT2D eigenvalue weighted by Gasteiger charge is -2.24. The lowest BCUT2D eigenvalue weighted by Crippen LogP contribution is -2.40. The first-order valence-electron chi connectivity index (χ1n) is 7.48. The summed E-state index contributed by atoms with van der Waals surface area (Å²) in [4.78, 5) is 12.7. The van der Waals surface area contributed by atoms with E-state index in [0.29, 0.717) is 11.5 Å². The van der Waals surface area contributed by atoms with Gasteiger partial charge in [-0.05, 0) is 79.0 Å². The number of benzene rings is 1. The molecule has 1 aliphatic rings. The van der Waals surface area contributed by atoms with Crippen LogP contribution in [0, 0.1) is 14.9 Å². The molecule has 1 saturated carbocycles. The Kier molecular flexibility index (Phi) is 4.15. The number of hydrogen-bond acceptors (Lipinski definition) is 3. The summed E-state index contributed by atoms with van der Waals surface area (Å²) < 4.78 is 2.65. The van der Waals surface area contributed by atoms with E-state index in [2.05, 4.69) is 39.1 Å². The van der Waals surface area contributed by atoms with Crippen molar-refractivity contribution in [3.8, 4) is 6.07 Å². The lowest BCUT2D eigenvalue weighted by atomic mass is 10.0. The molecule has 2 aromatic rings. The molecule has 23 heavy (non-hydrogen) atoms. The zero-order valence-electron chi connectivity index (χ0n) is 13.0. The second-order valence-electron chi connectivity index (χ2n) is 6.30. The molecule has 1 aliphatic carbocycles. The van der Waals surface area contributed by atoms with E-state index in [9.17, 15) is 10.1 Å². The normalized spacial score (nSPS) is 14.3. The van der Waals surface area contributed by atoms with E-state index in [1.165, 1.54) is 0 Å². The van der Waals surface area contributed by atoms with Gasteiger partial charge < -0.3 is 5.32 Å². The van der Waals surface area contributed by atoms with Crippen LogP contribution >= 0.6 is 22.6 Å². The largest absolute Gasteiger partial charge is 0.324 e. The second kappa shape index (κ2) is 5.96. The van der Waals surface area contributed by atoms with E-state index < -0.39 is 5.54 Å². The summed E-state index contributed by atoms with van der Waals surface area (Å²) in [7, 11) is 0. The predicted octanol–water partition coefficient (Wildman–Crippen LogP) is 3.61. The van der Waals surface area contributed by atoms with E-state index in [-0.39, 0.29) is 5.91 Å². The number of nitriles is 1. The molecule has 1 heterocycles. The van der Waals surface area contributed by atoms with Crippen LogP contribution < -0.4 is 5.32 Å². The number of amides is 1. The Hall–Kier alpha value is -1.88. The van der Waals surface area contributed by atoms with Gasteiger partial charge >= 0.3 is 0 Å². The van der Waals surface area contributed by atoms with Crippen LogP contribution in [0.3, 0.4) is 0 Å². The molecule has 0 spiro atoms. The Morgan fingerprint density at radius 2 is 2.22 bits per heavy atom. The van der Waals surface area contributed by atoms with E-state index in [0.717, 1.165) is 27.7 Å². The summed E-state index contributed by atoms with van der Waals surface area (Å²) in [6.07, 6.45) is 5.80. The summed E-state index contributed by atoms with van der Waals surface area (Å²) in [6, 6.07) is 7.72. The Bertz CT molecular complexity index is 799. The fourth-order valence-corrected chi connectivity index (χ4v) is 2.86. The van der Waals surface area contributed by atoms with Crippen molar-refractivity contribution in [1.82, 2.24) is 9.78 Å². The average Bonchev–Trinajstić information content (AvgIpc) is 3.28. The van der Waals surface area contributed by atoms with Gasteiger partial charge in [-0.1, -0.05) is 0 Å². The van der Waals surface area contributed by atoms with E-state index in [4.69, 9.17) is 0 Å². The van der Waals surface area contributed by atoms with Crippen LogP contribution in [-0.2, 0) is 10.3 Å². The van der Waals surface area contributed by atoms with Crippen molar-refractivity contribution in [2.45, 2.75) is 38.1 Å². The maximum Gasteiger partial charge on any atom is 0.251 e. The Morgan fingerprint density at radius 1 is 1.48 bits per heavy atom. The van der Waals surface area contributed by atoms with Gasteiger partial charge in [0.1, 0.15) is 5.54 Å². The molecule has 118 valence electrons. The molecule has 0 atom stereocenters. The van der Waals surface area contributed by atoms with Crippen LogP contribution in [0.2, 0.25) is 0 Å². The molecule has 0 unspecified atom stereocenters. The van der Waals surface area contributed by atoms with Crippen molar-refractivity contribution in [3.63, 3.8) is 0 Å². The molecule has 0 radical (unpaired) electrons. The molecular formula is C17H17IN4O. The highest BCUT2D eigenvalue weighted by atomic mass is 127. The van der Waals surface area contributed by atoms with E-state index in [1.54, 1.807) is 23.0 Å². The third-order valence-corrected chi connectivity index (χ3v) is 4.68. The number of carbonyl (C=O) groups is 1. The van der Waals surface area contributed by atoms with Crippen LogP contribution in [0.25, 0.3) is 0 Å². The average molecular weight is 420 g/mol. The molecule has 3 rings (SSSR count). The zero-order chi connectivity index (χ0) is 16.6. The molecule has 5 nitrogen and oxygen atoms in total. The third kappa shape index (κ3) is 3.24. The highest BCUT2D eigenvalue weighted by Gasteiger charge is 2.31. The first-order valence-corrected chi connectivity index (χ1v) is 8.56. The predicted molar refractivity (Wildman–Crippen MR) is 96.0 cm³/mol. The monoisotopic (exact) mass is 420 g/mol. The standard InChI is InChI=1S/C17H17IN4O/c1-17(2,22-10-13(18)9-20-22)16(23)21-14-6-5-12(8-19)15(7-14)11-3-4-11/h5-7,9-11H,3-4H2,1-2H3,(H,21,23). The number of anilines is 1.